The molecule has 0 fully saturated rings. The lowest BCUT2D eigenvalue weighted by molar-refractivity contribution is -0.165. The van der Waals surface area contributed by atoms with Crippen molar-refractivity contribution >= 4 is 11.9 Å². The van der Waals surface area contributed by atoms with E-state index in [2.05, 4.69) is 0 Å². The number of carbonyl (C=O) groups is 2. The molecule has 0 aliphatic rings. The van der Waals surface area contributed by atoms with Gasteiger partial charge in [-0.1, -0.05) is 41.5 Å². The lowest BCUT2D eigenvalue weighted by atomic mass is 9.98. The highest BCUT2D eigenvalue weighted by Crippen LogP contribution is 2.16. The van der Waals surface area contributed by atoms with Crippen LogP contribution >= 0.6 is 0 Å². The summed E-state index contributed by atoms with van der Waals surface area (Å²) >= 11 is 0. The number of rotatable bonds is 6. The normalized spacial score (nSPS) is 14.8. The molecule has 0 heterocycles. The zero-order chi connectivity index (χ0) is 13.6. The van der Waals surface area contributed by atoms with Gasteiger partial charge in [0.15, 0.2) is 0 Å². The molecular weight excluding hydrogens is 216 g/mol. The van der Waals surface area contributed by atoms with E-state index in [1.54, 1.807) is 0 Å². The smallest absolute Gasteiger partial charge is 0.316 e. The Hall–Kier alpha value is -0.860. The van der Waals surface area contributed by atoms with Crippen LogP contribution in [0.25, 0.3) is 0 Å². The number of hydrogen-bond acceptors (Lipinski definition) is 3. The van der Waals surface area contributed by atoms with Crippen LogP contribution in [-0.2, 0) is 14.3 Å². The highest BCUT2D eigenvalue weighted by Gasteiger charge is 2.23. The molecular formula is C14H26O3. The van der Waals surface area contributed by atoms with Gasteiger partial charge in [-0.2, -0.15) is 0 Å². The molecule has 0 saturated carbocycles. The number of hydrogen-bond donors (Lipinski definition) is 0. The van der Waals surface area contributed by atoms with Crippen molar-refractivity contribution in [3.8, 4) is 0 Å². The summed E-state index contributed by atoms with van der Waals surface area (Å²) in [7, 11) is 0. The monoisotopic (exact) mass is 242 g/mol. The maximum absolute atomic E-state index is 11.6. The number of ether oxygens (including phenoxy) is 1. The topological polar surface area (TPSA) is 43.4 Å². The van der Waals surface area contributed by atoms with Gasteiger partial charge >= 0.3 is 11.9 Å². The van der Waals surface area contributed by atoms with E-state index in [1.165, 1.54) is 0 Å². The summed E-state index contributed by atoms with van der Waals surface area (Å²) in [6, 6.07) is 0. The summed E-state index contributed by atoms with van der Waals surface area (Å²) < 4.78 is 4.90. The molecule has 0 rings (SSSR count). The Morgan fingerprint density at radius 1 is 0.765 bits per heavy atom. The quantitative estimate of drug-likeness (QED) is 0.529. The first-order valence-corrected chi connectivity index (χ1v) is 6.49. The van der Waals surface area contributed by atoms with E-state index in [4.69, 9.17) is 4.74 Å². The van der Waals surface area contributed by atoms with Gasteiger partial charge in [0, 0.05) is 0 Å². The maximum atomic E-state index is 11.6. The predicted octanol–water partition coefficient (Wildman–Crippen LogP) is 3.42. The summed E-state index contributed by atoms with van der Waals surface area (Å²) in [6.07, 6.45) is 1.51. The van der Waals surface area contributed by atoms with Crippen molar-refractivity contribution in [2.24, 2.45) is 23.7 Å². The van der Waals surface area contributed by atoms with Crippen LogP contribution in [0.15, 0.2) is 0 Å². The molecule has 2 atom stereocenters. The molecule has 0 aliphatic carbocycles. The van der Waals surface area contributed by atoms with Gasteiger partial charge in [-0.05, 0) is 24.7 Å². The Bertz CT molecular complexity index is 230. The summed E-state index contributed by atoms with van der Waals surface area (Å²) in [6.45, 7) is 11.8. The van der Waals surface area contributed by atoms with Gasteiger partial charge in [0.25, 0.3) is 0 Å². The van der Waals surface area contributed by atoms with E-state index in [0.29, 0.717) is 11.8 Å². The highest BCUT2D eigenvalue weighted by atomic mass is 16.6. The summed E-state index contributed by atoms with van der Waals surface area (Å²) in [5, 5.41) is 0. The fraction of sp³-hybridized carbons (Fsp3) is 0.857. The van der Waals surface area contributed by atoms with Gasteiger partial charge in [-0.25, -0.2) is 0 Å². The van der Waals surface area contributed by atoms with Gasteiger partial charge in [-0.15, -0.1) is 0 Å². The molecule has 2 unspecified atom stereocenters. The molecule has 0 aromatic rings. The van der Waals surface area contributed by atoms with E-state index in [0.717, 1.165) is 12.8 Å². The third-order valence-electron chi connectivity index (χ3n) is 2.66. The molecule has 0 N–H and O–H groups in total. The van der Waals surface area contributed by atoms with E-state index in [-0.39, 0.29) is 23.8 Å². The number of carbonyl (C=O) groups excluding carboxylic acids is 2. The molecule has 17 heavy (non-hydrogen) atoms. The molecule has 100 valence electrons. The SMILES string of the molecule is CC(C)CC(C)C(=O)OC(=O)C(C)CC(C)C. The second kappa shape index (κ2) is 7.46. The van der Waals surface area contributed by atoms with Crippen molar-refractivity contribution in [1.82, 2.24) is 0 Å². The Balaban J connectivity index is 4.15. The third-order valence-corrected chi connectivity index (χ3v) is 2.66. The predicted molar refractivity (Wildman–Crippen MR) is 68.3 cm³/mol. The molecule has 3 nitrogen and oxygen atoms in total. The van der Waals surface area contributed by atoms with Crippen LogP contribution in [0.5, 0.6) is 0 Å². The molecule has 0 aromatic heterocycles. The van der Waals surface area contributed by atoms with Crippen molar-refractivity contribution in [2.75, 3.05) is 0 Å². The molecule has 0 bridgehead atoms. The van der Waals surface area contributed by atoms with E-state index in [9.17, 15) is 9.59 Å². The van der Waals surface area contributed by atoms with Gasteiger partial charge in [0.2, 0.25) is 0 Å². The fourth-order valence-electron chi connectivity index (χ4n) is 1.91. The van der Waals surface area contributed by atoms with Crippen molar-refractivity contribution in [3.63, 3.8) is 0 Å². The van der Waals surface area contributed by atoms with Gasteiger partial charge in [0.1, 0.15) is 0 Å². The van der Waals surface area contributed by atoms with Gasteiger partial charge < -0.3 is 4.74 Å². The van der Waals surface area contributed by atoms with Crippen LogP contribution in [0, 0.1) is 23.7 Å². The van der Waals surface area contributed by atoms with Gasteiger partial charge in [0.05, 0.1) is 11.8 Å². The Kier molecular flexibility index (Phi) is 7.09. The highest BCUT2D eigenvalue weighted by molar-refractivity contribution is 5.87. The van der Waals surface area contributed by atoms with E-state index in [1.807, 2.05) is 41.5 Å². The first kappa shape index (κ1) is 16.1. The first-order valence-electron chi connectivity index (χ1n) is 6.49. The van der Waals surface area contributed by atoms with Crippen LogP contribution in [0.1, 0.15) is 54.4 Å². The lowest BCUT2D eigenvalue weighted by Gasteiger charge is -2.15. The second-order valence-corrected chi connectivity index (χ2v) is 5.80. The molecule has 0 amide bonds. The molecule has 0 aromatic carbocycles. The Labute approximate surface area is 105 Å². The minimum Gasteiger partial charge on any atom is -0.393 e. The van der Waals surface area contributed by atoms with Crippen LogP contribution in [-0.4, -0.2) is 11.9 Å². The minimum atomic E-state index is -0.390. The largest absolute Gasteiger partial charge is 0.393 e. The Morgan fingerprint density at radius 2 is 1.06 bits per heavy atom. The molecule has 3 heteroatoms. The van der Waals surface area contributed by atoms with Crippen LogP contribution < -0.4 is 0 Å². The van der Waals surface area contributed by atoms with Gasteiger partial charge in [-0.3, -0.25) is 9.59 Å². The zero-order valence-corrected chi connectivity index (χ0v) is 11.9. The molecule has 0 radical (unpaired) electrons. The summed E-state index contributed by atoms with van der Waals surface area (Å²) in [4.78, 5) is 23.3. The van der Waals surface area contributed by atoms with Crippen LogP contribution in [0.4, 0.5) is 0 Å². The van der Waals surface area contributed by atoms with Crippen molar-refractivity contribution in [1.29, 1.82) is 0 Å². The van der Waals surface area contributed by atoms with Crippen molar-refractivity contribution in [2.45, 2.75) is 54.4 Å². The maximum Gasteiger partial charge on any atom is 0.316 e. The second-order valence-electron chi connectivity index (χ2n) is 5.80. The standard InChI is InChI=1S/C14H26O3/c1-9(2)7-11(5)13(15)17-14(16)12(6)8-10(3)4/h9-12H,7-8H2,1-6H3. The van der Waals surface area contributed by atoms with E-state index < -0.39 is 0 Å². The molecule has 0 aliphatic heterocycles. The minimum absolute atomic E-state index is 0.204. The fourth-order valence-corrected chi connectivity index (χ4v) is 1.91. The molecule has 0 spiro atoms. The van der Waals surface area contributed by atoms with Crippen LogP contribution in [0.3, 0.4) is 0 Å². The van der Waals surface area contributed by atoms with Crippen molar-refractivity contribution < 1.29 is 14.3 Å². The lowest BCUT2D eigenvalue weighted by Crippen LogP contribution is -2.25. The summed E-state index contributed by atoms with van der Waals surface area (Å²) in [5.74, 6) is -0.324. The average Bonchev–Trinajstić information content (AvgIpc) is 2.15. The number of esters is 2. The van der Waals surface area contributed by atoms with E-state index >= 15 is 0 Å². The first-order chi connectivity index (χ1) is 7.73. The van der Waals surface area contributed by atoms with Crippen molar-refractivity contribution in [3.05, 3.63) is 0 Å². The zero-order valence-electron chi connectivity index (χ0n) is 11.9. The molecule has 0 saturated heterocycles. The summed E-state index contributed by atoms with van der Waals surface area (Å²) in [5.41, 5.74) is 0. The third kappa shape index (κ3) is 7.14. The van der Waals surface area contributed by atoms with Crippen LogP contribution in [0.2, 0.25) is 0 Å². The Morgan fingerprint density at radius 3 is 1.29 bits per heavy atom. The average molecular weight is 242 g/mol.